The molecule has 3 nitrogen and oxygen atoms in total. The molecule has 1 heterocycles. The maximum absolute atomic E-state index is 5.14. The predicted octanol–water partition coefficient (Wildman–Crippen LogP) is 6.75. The van der Waals surface area contributed by atoms with E-state index in [4.69, 9.17) is 4.99 Å². The number of aliphatic imine (C=N–C) groups is 1. The Labute approximate surface area is 199 Å². The topological polar surface area (TPSA) is 18.8 Å². The first kappa shape index (κ1) is 22.8. The molecule has 33 heavy (non-hydrogen) atoms. The summed E-state index contributed by atoms with van der Waals surface area (Å²) in [6.07, 6.45) is 11.0. The van der Waals surface area contributed by atoms with Crippen LogP contribution in [-0.2, 0) is 0 Å². The van der Waals surface area contributed by atoms with Gasteiger partial charge in [-0.2, -0.15) is 0 Å². The van der Waals surface area contributed by atoms with Crippen LogP contribution in [0.25, 0.3) is 0 Å². The Kier molecular flexibility index (Phi) is 7.29. The highest BCUT2D eigenvalue weighted by atomic mass is 15.2. The van der Waals surface area contributed by atoms with Crippen LogP contribution in [0.3, 0.4) is 0 Å². The van der Waals surface area contributed by atoms with Crippen LogP contribution in [-0.4, -0.2) is 35.8 Å². The molecular formula is C30H35N3. The second kappa shape index (κ2) is 10.5. The molecular weight excluding hydrogens is 402 g/mol. The summed E-state index contributed by atoms with van der Waals surface area (Å²) in [5, 5.41) is 0. The van der Waals surface area contributed by atoms with E-state index in [9.17, 15) is 0 Å². The quantitative estimate of drug-likeness (QED) is 0.368. The first-order chi connectivity index (χ1) is 16.1. The van der Waals surface area contributed by atoms with Crippen molar-refractivity contribution in [2.24, 2.45) is 10.9 Å². The van der Waals surface area contributed by atoms with Crippen molar-refractivity contribution in [2.45, 2.75) is 32.7 Å². The molecule has 1 unspecified atom stereocenters. The zero-order valence-corrected chi connectivity index (χ0v) is 20.1. The minimum atomic E-state index is 0.114. The molecule has 0 saturated carbocycles. The van der Waals surface area contributed by atoms with Crippen molar-refractivity contribution in [1.82, 2.24) is 9.80 Å². The lowest BCUT2D eigenvalue weighted by atomic mass is 9.97. The molecule has 0 amide bonds. The highest BCUT2D eigenvalue weighted by Crippen LogP contribution is 2.30. The van der Waals surface area contributed by atoms with Crippen molar-refractivity contribution in [3.63, 3.8) is 0 Å². The van der Waals surface area contributed by atoms with E-state index < -0.39 is 0 Å². The fraction of sp³-hybridized carbons (Fsp3) is 0.300. The summed E-state index contributed by atoms with van der Waals surface area (Å²) in [5.74, 6) is 1.65. The van der Waals surface area contributed by atoms with Crippen LogP contribution in [0.1, 0.15) is 43.9 Å². The number of rotatable bonds is 6. The average molecular weight is 438 g/mol. The largest absolute Gasteiger partial charge is 0.367 e. The van der Waals surface area contributed by atoms with Crippen molar-refractivity contribution in [2.75, 3.05) is 20.1 Å². The zero-order chi connectivity index (χ0) is 23.2. The molecule has 0 N–H and O–H groups in total. The summed E-state index contributed by atoms with van der Waals surface area (Å²) >= 11 is 0. The van der Waals surface area contributed by atoms with Gasteiger partial charge in [0.05, 0.1) is 6.04 Å². The second-order valence-corrected chi connectivity index (χ2v) is 9.04. The van der Waals surface area contributed by atoms with Crippen molar-refractivity contribution in [3.8, 4) is 0 Å². The van der Waals surface area contributed by atoms with Crippen molar-refractivity contribution in [3.05, 3.63) is 120 Å². The van der Waals surface area contributed by atoms with Gasteiger partial charge in [0.1, 0.15) is 5.84 Å². The third-order valence-corrected chi connectivity index (χ3v) is 6.68. The minimum absolute atomic E-state index is 0.114. The van der Waals surface area contributed by atoms with Gasteiger partial charge in [-0.1, -0.05) is 92.4 Å². The van der Waals surface area contributed by atoms with Crippen LogP contribution in [0.2, 0.25) is 0 Å². The lowest BCUT2D eigenvalue weighted by Crippen LogP contribution is -2.32. The Morgan fingerprint density at radius 2 is 1.73 bits per heavy atom. The normalized spacial score (nSPS) is 19.0. The molecule has 2 aromatic rings. The van der Waals surface area contributed by atoms with Gasteiger partial charge in [0, 0.05) is 38.0 Å². The Balaban J connectivity index is 1.59. The molecule has 0 spiro atoms. The SMILES string of the molecule is C=CC1=C(N=C(C)N(C)C(c2ccccc2)c2ccccc2)CCN(C2=CCC(C)C=C2)C1. The van der Waals surface area contributed by atoms with Gasteiger partial charge in [-0.25, -0.2) is 4.99 Å². The van der Waals surface area contributed by atoms with Crippen LogP contribution < -0.4 is 0 Å². The molecule has 170 valence electrons. The van der Waals surface area contributed by atoms with E-state index in [0.717, 1.165) is 37.5 Å². The summed E-state index contributed by atoms with van der Waals surface area (Å²) in [6, 6.07) is 21.5. The lowest BCUT2D eigenvalue weighted by molar-refractivity contribution is 0.364. The number of allylic oxidation sites excluding steroid dienone is 3. The lowest BCUT2D eigenvalue weighted by Gasteiger charge is -2.34. The Hall–Kier alpha value is -3.33. The van der Waals surface area contributed by atoms with E-state index in [0.29, 0.717) is 5.92 Å². The van der Waals surface area contributed by atoms with E-state index in [-0.39, 0.29) is 6.04 Å². The standard InChI is InChI=1S/C30H35N3/c1-5-25-22-33(28-18-16-23(2)17-19-28)21-20-29(25)31-24(3)32(4)30(26-12-8-6-9-13-26)27-14-10-7-11-15-27/h5-16,18-19,23,30H,1,17,20-22H2,2-4H3. The first-order valence-corrected chi connectivity index (χ1v) is 11.9. The zero-order valence-electron chi connectivity index (χ0n) is 20.1. The van der Waals surface area contributed by atoms with E-state index in [2.05, 4.69) is 116 Å². The van der Waals surface area contributed by atoms with E-state index in [1.165, 1.54) is 22.4 Å². The average Bonchev–Trinajstić information content (AvgIpc) is 2.86. The van der Waals surface area contributed by atoms with Crippen molar-refractivity contribution < 1.29 is 0 Å². The molecule has 1 aliphatic heterocycles. The molecule has 0 aromatic heterocycles. The van der Waals surface area contributed by atoms with Crippen LogP contribution in [0.5, 0.6) is 0 Å². The monoisotopic (exact) mass is 437 g/mol. The third-order valence-electron chi connectivity index (χ3n) is 6.68. The minimum Gasteiger partial charge on any atom is -0.367 e. The van der Waals surface area contributed by atoms with Gasteiger partial charge in [0.25, 0.3) is 0 Å². The number of nitrogens with zero attached hydrogens (tertiary/aromatic N) is 3. The summed E-state index contributed by atoms with van der Waals surface area (Å²) in [4.78, 5) is 9.88. The maximum Gasteiger partial charge on any atom is 0.102 e. The maximum atomic E-state index is 5.14. The van der Waals surface area contributed by atoms with Crippen molar-refractivity contribution >= 4 is 5.84 Å². The smallest absolute Gasteiger partial charge is 0.102 e. The second-order valence-electron chi connectivity index (χ2n) is 9.04. The Bertz CT molecular complexity index is 1040. The number of hydrogen-bond donors (Lipinski definition) is 0. The van der Waals surface area contributed by atoms with E-state index in [1.807, 2.05) is 6.08 Å². The highest BCUT2D eigenvalue weighted by molar-refractivity contribution is 5.81. The van der Waals surface area contributed by atoms with Gasteiger partial charge < -0.3 is 9.80 Å². The van der Waals surface area contributed by atoms with E-state index >= 15 is 0 Å². The molecule has 0 radical (unpaired) electrons. The number of hydrogen-bond acceptors (Lipinski definition) is 2. The van der Waals surface area contributed by atoms with Crippen LogP contribution in [0.15, 0.2) is 114 Å². The summed E-state index contributed by atoms with van der Waals surface area (Å²) < 4.78 is 0. The van der Waals surface area contributed by atoms with Crippen LogP contribution >= 0.6 is 0 Å². The molecule has 1 atom stereocenters. The molecule has 3 heteroatoms. The number of benzene rings is 2. The van der Waals surface area contributed by atoms with Gasteiger partial charge in [-0.15, -0.1) is 0 Å². The van der Waals surface area contributed by atoms with Crippen LogP contribution in [0, 0.1) is 5.92 Å². The molecule has 4 rings (SSSR count). The number of amidine groups is 1. The summed E-state index contributed by atoms with van der Waals surface area (Å²) in [7, 11) is 2.14. The summed E-state index contributed by atoms with van der Waals surface area (Å²) in [6.45, 7) is 10.3. The van der Waals surface area contributed by atoms with Gasteiger partial charge in [-0.3, -0.25) is 0 Å². The first-order valence-electron chi connectivity index (χ1n) is 11.9. The molecule has 1 aliphatic carbocycles. The van der Waals surface area contributed by atoms with Gasteiger partial charge in [-0.05, 0) is 42.0 Å². The van der Waals surface area contributed by atoms with Gasteiger partial charge in [0.15, 0.2) is 0 Å². The van der Waals surface area contributed by atoms with Crippen molar-refractivity contribution in [1.29, 1.82) is 0 Å². The predicted molar refractivity (Wildman–Crippen MR) is 140 cm³/mol. The Morgan fingerprint density at radius 3 is 2.27 bits per heavy atom. The summed E-state index contributed by atoms with van der Waals surface area (Å²) in [5.41, 5.74) is 6.23. The van der Waals surface area contributed by atoms with Gasteiger partial charge >= 0.3 is 0 Å². The molecule has 0 bridgehead atoms. The third kappa shape index (κ3) is 5.36. The highest BCUT2D eigenvalue weighted by Gasteiger charge is 2.23. The molecule has 2 aromatic carbocycles. The fourth-order valence-electron chi connectivity index (χ4n) is 4.63. The Morgan fingerprint density at radius 1 is 1.09 bits per heavy atom. The fourth-order valence-corrected chi connectivity index (χ4v) is 4.63. The molecule has 0 saturated heterocycles. The van der Waals surface area contributed by atoms with Crippen LogP contribution in [0.4, 0.5) is 0 Å². The van der Waals surface area contributed by atoms with E-state index in [1.54, 1.807) is 0 Å². The molecule has 2 aliphatic rings. The molecule has 0 fully saturated rings. The van der Waals surface area contributed by atoms with Gasteiger partial charge in [0.2, 0.25) is 0 Å².